The van der Waals surface area contributed by atoms with Crippen LogP contribution < -0.4 is 15.5 Å². The van der Waals surface area contributed by atoms with E-state index in [0.717, 1.165) is 61.7 Å². The number of hydrogen-bond acceptors (Lipinski definition) is 8. The summed E-state index contributed by atoms with van der Waals surface area (Å²) in [5.74, 6) is 2.08. The van der Waals surface area contributed by atoms with Crippen molar-refractivity contribution in [3.63, 3.8) is 0 Å². The van der Waals surface area contributed by atoms with E-state index in [4.69, 9.17) is 4.98 Å². The Hall–Kier alpha value is -3.24. The van der Waals surface area contributed by atoms with Crippen LogP contribution in [-0.2, 0) is 0 Å². The standard InChI is InChI=1S/C30H41N9O.C2H6/c1-36(2)28(40)25-15-22-18-32-29(35-27(22)39(25)23-5-3-4-6-23)34-26-8-7-24(19-31-26)38-13-11-37(12-14-38)20-21-16-30(17-21)9-10-33-30;1-2/h7-8,15,18-19,21,23,33H,3-6,9-14,16-17,20H2,1-2H3,(H,31,32,34,35);1-2H3. The van der Waals surface area contributed by atoms with Gasteiger partial charge in [-0.25, -0.2) is 9.97 Å². The molecule has 4 fully saturated rings. The number of aromatic nitrogens is 4. The molecule has 2 saturated carbocycles. The minimum atomic E-state index is -0.000100. The first kappa shape index (κ1) is 28.9. The predicted molar refractivity (Wildman–Crippen MR) is 169 cm³/mol. The average molecular weight is 574 g/mol. The maximum Gasteiger partial charge on any atom is 0.270 e. The van der Waals surface area contributed by atoms with Crippen LogP contribution in [-0.4, -0.2) is 94.1 Å². The van der Waals surface area contributed by atoms with Crippen molar-refractivity contribution in [2.24, 2.45) is 5.92 Å². The molecule has 1 spiro atoms. The summed E-state index contributed by atoms with van der Waals surface area (Å²) >= 11 is 0. The molecule has 10 heteroatoms. The van der Waals surface area contributed by atoms with E-state index in [1.165, 1.54) is 45.2 Å². The lowest BCUT2D eigenvalue weighted by atomic mass is 9.63. The van der Waals surface area contributed by atoms with Gasteiger partial charge in [-0.3, -0.25) is 9.69 Å². The molecule has 0 bridgehead atoms. The summed E-state index contributed by atoms with van der Waals surface area (Å²) in [6, 6.07) is 6.37. The predicted octanol–water partition coefficient (Wildman–Crippen LogP) is 4.68. The molecule has 7 rings (SSSR count). The summed E-state index contributed by atoms with van der Waals surface area (Å²) in [4.78, 5) is 33.8. The highest BCUT2D eigenvalue weighted by Crippen LogP contribution is 2.44. The van der Waals surface area contributed by atoms with Crippen LogP contribution in [0, 0.1) is 5.92 Å². The van der Waals surface area contributed by atoms with E-state index in [0.29, 0.717) is 29.0 Å². The first-order chi connectivity index (χ1) is 20.5. The van der Waals surface area contributed by atoms with E-state index < -0.39 is 0 Å². The lowest BCUT2D eigenvalue weighted by Gasteiger charge is -2.56. The molecule has 10 nitrogen and oxygen atoms in total. The largest absolute Gasteiger partial charge is 0.368 e. The summed E-state index contributed by atoms with van der Waals surface area (Å²) in [6.07, 6.45) is 12.4. The number of hydrogen-bond donors (Lipinski definition) is 2. The summed E-state index contributed by atoms with van der Waals surface area (Å²) in [5, 5.41) is 7.82. The van der Waals surface area contributed by atoms with Crippen LogP contribution >= 0.6 is 0 Å². The number of nitrogens with zero attached hydrogens (tertiary/aromatic N) is 7. The molecule has 3 aromatic rings. The number of pyridine rings is 1. The normalized spacial score (nSPS) is 24.2. The van der Waals surface area contributed by atoms with Crippen molar-refractivity contribution in [3.8, 4) is 0 Å². The summed E-state index contributed by atoms with van der Waals surface area (Å²) in [7, 11) is 3.59. The molecule has 4 aliphatic rings. The van der Waals surface area contributed by atoms with Gasteiger partial charge in [0.15, 0.2) is 0 Å². The van der Waals surface area contributed by atoms with Crippen molar-refractivity contribution in [3.05, 3.63) is 36.3 Å². The van der Waals surface area contributed by atoms with Gasteiger partial charge in [0.1, 0.15) is 17.2 Å². The van der Waals surface area contributed by atoms with Crippen molar-refractivity contribution < 1.29 is 4.79 Å². The molecule has 2 aliphatic carbocycles. The quantitative estimate of drug-likeness (QED) is 0.421. The highest BCUT2D eigenvalue weighted by Gasteiger charge is 2.48. The second kappa shape index (κ2) is 12.2. The third-order valence-corrected chi connectivity index (χ3v) is 9.59. The topological polar surface area (TPSA) is 94.5 Å². The lowest BCUT2D eigenvalue weighted by Crippen LogP contribution is -2.65. The minimum absolute atomic E-state index is 0.000100. The first-order valence-electron chi connectivity index (χ1n) is 16.0. The molecule has 2 aliphatic heterocycles. The second-order valence-electron chi connectivity index (χ2n) is 12.6. The number of piperazine rings is 1. The zero-order valence-electron chi connectivity index (χ0n) is 25.8. The van der Waals surface area contributed by atoms with Gasteiger partial charge in [0, 0.05) is 70.0 Å². The van der Waals surface area contributed by atoms with Crippen molar-refractivity contribution in [2.45, 2.75) is 70.4 Å². The molecule has 0 aromatic carbocycles. The van der Waals surface area contributed by atoms with Crippen LogP contribution in [0.3, 0.4) is 0 Å². The monoisotopic (exact) mass is 573 g/mol. The van der Waals surface area contributed by atoms with Crippen LogP contribution in [0.5, 0.6) is 0 Å². The zero-order valence-corrected chi connectivity index (χ0v) is 25.8. The zero-order chi connectivity index (χ0) is 29.3. The molecule has 0 unspecified atom stereocenters. The lowest BCUT2D eigenvalue weighted by molar-refractivity contribution is 0.0183. The summed E-state index contributed by atoms with van der Waals surface area (Å²) in [5.41, 5.74) is 3.18. The van der Waals surface area contributed by atoms with Crippen molar-refractivity contribution in [1.29, 1.82) is 0 Å². The van der Waals surface area contributed by atoms with Gasteiger partial charge >= 0.3 is 0 Å². The number of carbonyl (C=O) groups excluding carboxylic acids is 1. The number of amides is 1. The van der Waals surface area contributed by atoms with Gasteiger partial charge in [-0.15, -0.1) is 0 Å². The molecule has 0 atom stereocenters. The van der Waals surface area contributed by atoms with E-state index in [-0.39, 0.29) is 5.91 Å². The van der Waals surface area contributed by atoms with Crippen molar-refractivity contribution >= 4 is 34.4 Å². The van der Waals surface area contributed by atoms with Gasteiger partial charge in [-0.1, -0.05) is 26.7 Å². The maximum absolute atomic E-state index is 13.0. The smallest absolute Gasteiger partial charge is 0.270 e. The average Bonchev–Trinajstić information content (AvgIpc) is 3.63. The Labute approximate surface area is 249 Å². The Balaban J connectivity index is 0.00000155. The summed E-state index contributed by atoms with van der Waals surface area (Å²) < 4.78 is 2.14. The van der Waals surface area contributed by atoms with Gasteiger partial charge in [-0.05, 0) is 62.8 Å². The Morgan fingerprint density at radius 2 is 1.81 bits per heavy atom. The highest BCUT2D eigenvalue weighted by molar-refractivity contribution is 5.97. The van der Waals surface area contributed by atoms with Gasteiger partial charge in [0.25, 0.3) is 5.91 Å². The maximum atomic E-state index is 13.0. The Kier molecular flexibility index (Phi) is 8.36. The fourth-order valence-corrected chi connectivity index (χ4v) is 7.31. The van der Waals surface area contributed by atoms with Crippen LogP contribution in [0.15, 0.2) is 30.6 Å². The molecule has 3 aromatic heterocycles. The van der Waals surface area contributed by atoms with Crippen LogP contribution in [0.1, 0.15) is 75.3 Å². The van der Waals surface area contributed by atoms with E-state index in [1.54, 1.807) is 19.0 Å². The Bertz CT molecular complexity index is 1360. The van der Waals surface area contributed by atoms with Gasteiger partial charge in [-0.2, -0.15) is 4.98 Å². The molecule has 1 amide bonds. The fraction of sp³-hybridized carbons (Fsp3) is 0.625. The van der Waals surface area contributed by atoms with Crippen LogP contribution in [0.25, 0.3) is 11.0 Å². The van der Waals surface area contributed by atoms with Crippen LogP contribution in [0.4, 0.5) is 17.5 Å². The van der Waals surface area contributed by atoms with Crippen LogP contribution in [0.2, 0.25) is 0 Å². The Morgan fingerprint density at radius 1 is 1.07 bits per heavy atom. The SMILES string of the molecule is CC.CN(C)C(=O)c1cc2cnc(Nc3ccc(N4CCN(CC5CC6(CCN6)C5)CC4)cn3)nc2n1C1CCCC1. The molecular formula is C32H47N9O. The van der Waals surface area contributed by atoms with Gasteiger partial charge in [0.05, 0.1) is 11.9 Å². The second-order valence-corrected chi connectivity index (χ2v) is 12.6. The number of carbonyl (C=O) groups is 1. The number of anilines is 3. The Morgan fingerprint density at radius 3 is 2.43 bits per heavy atom. The van der Waals surface area contributed by atoms with E-state index in [2.05, 4.69) is 41.0 Å². The van der Waals surface area contributed by atoms with Crippen molar-refractivity contribution in [2.75, 3.05) is 63.6 Å². The van der Waals surface area contributed by atoms with E-state index >= 15 is 0 Å². The van der Waals surface area contributed by atoms with E-state index in [1.807, 2.05) is 38.4 Å². The highest BCUT2D eigenvalue weighted by atomic mass is 16.2. The molecule has 2 N–H and O–H groups in total. The molecule has 2 saturated heterocycles. The molecule has 226 valence electrons. The molecule has 0 radical (unpaired) electrons. The fourth-order valence-electron chi connectivity index (χ4n) is 7.31. The third-order valence-electron chi connectivity index (χ3n) is 9.59. The molecule has 5 heterocycles. The van der Waals surface area contributed by atoms with Crippen molar-refractivity contribution in [1.82, 2.24) is 34.6 Å². The number of fused-ring (bicyclic) bond motifs is 1. The van der Waals surface area contributed by atoms with Gasteiger partial charge < -0.3 is 25.0 Å². The number of rotatable bonds is 7. The summed E-state index contributed by atoms with van der Waals surface area (Å²) in [6.45, 7) is 10.8. The number of nitrogens with one attached hydrogen (secondary N) is 2. The third kappa shape index (κ3) is 5.71. The van der Waals surface area contributed by atoms with Gasteiger partial charge in [0.2, 0.25) is 5.95 Å². The van der Waals surface area contributed by atoms with E-state index in [9.17, 15) is 4.79 Å². The molecular weight excluding hydrogens is 526 g/mol. The molecule has 42 heavy (non-hydrogen) atoms. The first-order valence-corrected chi connectivity index (χ1v) is 16.0. The minimum Gasteiger partial charge on any atom is -0.368 e.